The summed E-state index contributed by atoms with van der Waals surface area (Å²) in [6, 6.07) is 1.94. The minimum Gasteiger partial charge on any atom is -0.387 e. The van der Waals surface area contributed by atoms with Crippen LogP contribution >= 0.6 is 0 Å². The Bertz CT molecular complexity index is 1020. The highest BCUT2D eigenvalue weighted by molar-refractivity contribution is 5.83. The zero-order valence-electron chi connectivity index (χ0n) is 19.6. The quantitative estimate of drug-likeness (QED) is 0.710. The summed E-state index contributed by atoms with van der Waals surface area (Å²) >= 11 is 0. The smallest absolute Gasteiger partial charge is 0.157 e. The number of pyridine rings is 1. The third-order valence-corrected chi connectivity index (χ3v) is 10.4. The predicted molar refractivity (Wildman–Crippen MR) is 124 cm³/mol. The Labute approximate surface area is 195 Å². The van der Waals surface area contributed by atoms with Crippen molar-refractivity contribution in [2.75, 3.05) is 6.67 Å². The highest BCUT2D eigenvalue weighted by Gasteiger charge is 2.59. The van der Waals surface area contributed by atoms with Gasteiger partial charge in [0.15, 0.2) is 5.78 Å². The van der Waals surface area contributed by atoms with E-state index in [1.807, 2.05) is 12.3 Å². The number of fused-ring (bicyclic) bond motifs is 6. The molecule has 4 aliphatic rings. The first kappa shape index (κ1) is 21.7. The van der Waals surface area contributed by atoms with Gasteiger partial charge in [0.2, 0.25) is 0 Å². The van der Waals surface area contributed by atoms with E-state index >= 15 is 0 Å². The number of alkyl halides is 1. The molecule has 4 saturated carbocycles. The van der Waals surface area contributed by atoms with Gasteiger partial charge in [-0.15, -0.1) is 0 Å². The second-order valence-corrected chi connectivity index (χ2v) is 11.9. The van der Waals surface area contributed by atoms with Crippen LogP contribution in [0.2, 0.25) is 0 Å². The third-order valence-electron chi connectivity index (χ3n) is 10.4. The van der Waals surface area contributed by atoms with Crippen LogP contribution in [0.5, 0.6) is 0 Å². The average Bonchev–Trinajstić information content (AvgIpc) is 3.38. The van der Waals surface area contributed by atoms with Crippen molar-refractivity contribution in [2.45, 2.75) is 76.9 Å². The number of carbonyl (C=O) groups is 1. The predicted octanol–water partition coefficient (Wildman–Crippen LogP) is 4.97. The van der Waals surface area contributed by atoms with Crippen LogP contribution in [0.3, 0.4) is 0 Å². The Morgan fingerprint density at radius 3 is 2.82 bits per heavy atom. The molecule has 0 radical (unpaired) electrons. The maximum Gasteiger partial charge on any atom is 0.157 e. The van der Waals surface area contributed by atoms with Crippen LogP contribution in [0.25, 0.3) is 10.9 Å². The van der Waals surface area contributed by atoms with Gasteiger partial charge in [0.1, 0.15) is 12.2 Å². The second kappa shape index (κ2) is 7.86. The van der Waals surface area contributed by atoms with E-state index in [0.29, 0.717) is 54.8 Å². The number of halogens is 1. The van der Waals surface area contributed by atoms with Gasteiger partial charge in [-0.2, -0.15) is 5.10 Å². The SMILES string of the molecule is C[C@]12CC[C@@H]3C4CC[C@](O)(CF)C[C@H]4CC[C@H]3[C@@H]1CC[C@@H]2C(=O)Cn1cc2ccncc2n1. The molecule has 4 aliphatic carbocycles. The highest BCUT2D eigenvalue weighted by Crippen LogP contribution is 2.64. The molecule has 2 heterocycles. The van der Waals surface area contributed by atoms with Crippen LogP contribution < -0.4 is 0 Å². The van der Waals surface area contributed by atoms with E-state index in [2.05, 4.69) is 17.0 Å². The summed E-state index contributed by atoms with van der Waals surface area (Å²) < 4.78 is 15.2. The zero-order valence-corrected chi connectivity index (χ0v) is 19.6. The second-order valence-electron chi connectivity index (χ2n) is 11.9. The van der Waals surface area contributed by atoms with E-state index in [1.54, 1.807) is 17.1 Å². The number of carbonyl (C=O) groups excluding carboxylic acids is 1. The minimum atomic E-state index is -1.07. The molecule has 33 heavy (non-hydrogen) atoms. The van der Waals surface area contributed by atoms with E-state index in [0.717, 1.165) is 43.0 Å². The fourth-order valence-electron chi connectivity index (χ4n) is 8.88. The van der Waals surface area contributed by atoms with Gasteiger partial charge < -0.3 is 5.11 Å². The van der Waals surface area contributed by atoms with Gasteiger partial charge in [-0.1, -0.05) is 6.92 Å². The van der Waals surface area contributed by atoms with E-state index in [4.69, 9.17) is 0 Å². The molecule has 0 bridgehead atoms. The molecule has 0 spiro atoms. The Kier molecular flexibility index (Phi) is 5.17. The van der Waals surface area contributed by atoms with Gasteiger partial charge in [0, 0.05) is 23.7 Å². The van der Waals surface area contributed by atoms with Gasteiger partial charge in [0.05, 0.1) is 18.3 Å². The average molecular weight is 454 g/mol. The Morgan fingerprint density at radius 1 is 1.15 bits per heavy atom. The molecule has 6 heteroatoms. The van der Waals surface area contributed by atoms with E-state index < -0.39 is 12.3 Å². The molecule has 2 aromatic heterocycles. The standard InChI is InChI=1S/C27H36FN3O2/c1-26-9-6-20-19-7-10-27(33,16-28)12-17(19)2-3-21(20)22(26)4-5-23(26)25(32)15-31-14-18-8-11-29-13-24(18)30-31/h8,11,13-14,17,19-23,33H,2-7,9-10,12,15-16H2,1H3/t17-,19?,20-,21-,22+,23-,26+,27-/m1/s1. The topological polar surface area (TPSA) is 68.0 Å². The summed E-state index contributed by atoms with van der Waals surface area (Å²) in [6.45, 7) is 2.14. The van der Waals surface area contributed by atoms with Crippen molar-refractivity contribution in [1.29, 1.82) is 0 Å². The van der Waals surface area contributed by atoms with Gasteiger partial charge >= 0.3 is 0 Å². The fraction of sp³-hybridized carbons (Fsp3) is 0.741. The van der Waals surface area contributed by atoms with Crippen molar-refractivity contribution in [1.82, 2.24) is 14.8 Å². The highest BCUT2D eigenvalue weighted by atomic mass is 19.1. The molecule has 178 valence electrons. The first-order chi connectivity index (χ1) is 15.9. The molecular formula is C27H36FN3O2. The number of Topliss-reactive ketones (excluding diaryl/α,β-unsaturated/α-hetero) is 1. The lowest BCUT2D eigenvalue weighted by Crippen LogP contribution is -2.52. The summed E-state index contributed by atoms with van der Waals surface area (Å²) in [7, 11) is 0. The molecule has 1 N–H and O–H groups in total. The molecule has 8 atom stereocenters. The van der Waals surface area contributed by atoms with Gasteiger partial charge in [-0.05, 0) is 98.9 Å². The fourth-order valence-corrected chi connectivity index (χ4v) is 8.88. The molecule has 2 aromatic rings. The zero-order chi connectivity index (χ0) is 22.8. The number of aromatic nitrogens is 3. The largest absolute Gasteiger partial charge is 0.387 e. The third kappa shape index (κ3) is 3.46. The van der Waals surface area contributed by atoms with Crippen LogP contribution in [0.1, 0.15) is 64.7 Å². The summed E-state index contributed by atoms with van der Waals surface area (Å²) in [5.74, 6) is 3.58. The molecule has 5 nitrogen and oxygen atoms in total. The Morgan fingerprint density at radius 2 is 2.00 bits per heavy atom. The van der Waals surface area contributed by atoms with E-state index in [-0.39, 0.29) is 11.3 Å². The molecule has 4 fully saturated rings. The van der Waals surface area contributed by atoms with Crippen LogP contribution in [-0.2, 0) is 11.3 Å². The Balaban J connectivity index is 1.17. The first-order valence-electron chi connectivity index (χ1n) is 13.0. The van der Waals surface area contributed by atoms with Crippen LogP contribution in [0.4, 0.5) is 4.39 Å². The maximum atomic E-state index is 13.5. The van der Waals surface area contributed by atoms with Crippen LogP contribution in [-0.4, -0.2) is 37.9 Å². The van der Waals surface area contributed by atoms with E-state index in [1.165, 1.54) is 12.8 Å². The minimum absolute atomic E-state index is 0.0908. The van der Waals surface area contributed by atoms with Gasteiger partial charge in [-0.25, -0.2) is 4.39 Å². The van der Waals surface area contributed by atoms with Crippen molar-refractivity contribution < 1.29 is 14.3 Å². The van der Waals surface area contributed by atoms with Crippen LogP contribution in [0.15, 0.2) is 24.7 Å². The summed E-state index contributed by atoms with van der Waals surface area (Å²) in [5, 5.41) is 16.1. The Hall–Kier alpha value is -1.82. The molecule has 0 aromatic carbocycles. The van der Waals surface area contributed by atoms with Crippen molar-refractivity contribution in [2.24, 2.45) is 40.9 Å². The van der Waals surface area contributed by atoms with Crippen LogP contribution in [0, 0.1) is 40.9 Å². The number of ketones is 1. The normalized spacial score (nSPS) is 42.5. The molecule has 6 rings (SSSR count). The van der Waals surface area contributed by atoms with Crippen molar-refractivity contribution in [3.05, 3.63) is 24.7 Å². The van der Waals surface area contributed by atoms with Crippen molar-refractivity contribution in [3.63, 3.8) is 0 Å². The molecule has 1 unspecified atom stereocenters. The number of aliphatic hydroxyl groups is 1. The summed E-state index contributed by atoms with van der Waals surface area (Å²) in [6.07, 6.45) is 14.5. The number of rotatable bonds is 4. The monoisotopic (exact) mass is 453 g/mol. The van der Waals surface area contributed by atoms with Gasteiger partial charge in [-0.3, -0.25) is 14.5 Å². The maximum absolute atomic E-state index is 13.5. The van der Waals surface area contributed by atoms with Gasteiger partial charge in [0.25, 0.3) is 0 Å². The lowest BCUT2D eigenvalue weighted by molar-refractivity contribution is -0.134. The molecule has 0 saturated heterocycles. The molecule has 0 amide bonds. The summed E-state index contributed by atoms with van der Waals surface area (Å²) in [4.78, 5) is 17.6. The first-order valence-corrected chi connectivity index (χ1v) is 13.0. The molecule has 0 aliphatic heterocycles. The van der Waals surface area contributed by atoms with Crippen molar-refractivity contribution in [3.8, 4) is 0 Å². The van der Waals surface area contributed by atoms with E-state index in [9.17, 15) is 14.3 Å². The molecular weight excluding hydrogens is 417 g/mol. The summed E-state index contributed by atoms with van der Waals surface area (Å²) in [5.41, 5.74) is -0.145. The lowest BCUT2D eigenvalue weighted by Gasteiger charge is -2.56. The number of hydrogen-bond acceptors (Lipinski definition) is 4. The number of hydrogen-bond donors (Lipinski definition) is 1. The lowest BCUT2D eigenvalue weighted by atomic mass is 9.49. The number of nitrogens with zero attached hydrogens (tertiary/aromatic N) is 3. The van der Waals surface area contributed by atoms with Crippen molar-refractivity contribution >= 4 is 16.7 Å².